The van der Waals surface area contributed by atoms with Gasteiger partial charge in [0.25, 0.3) is 5.91 Å². The molecule has 0 saturated carbocycles. The number of nitriles is 1. The van der Waals surface area contributed by atoms with Crippen molar-refractivity contribution in [2.45, 2.75) is 19.8 Å². The summed E-state index contributed by atoms with van der Waals surface area (Å²) >= 11 is 0. The largest absolute Gasteiger partial charge is 0.370 e. The van der Waals surface area contributed by atoms with Gasteiger partial charge >= 0.3 is 0 Å². The molecule has 11 heteroatoms. The van der Waals surface area contributed by atoms with Crippen LogP contribution < -0.4 is 4.90 Å². The average molecular weight is 478 g/mol. The predicted octanol–water partition coefficient (Wildman–Crippen LogP) is 2.36. The minimum absolute atomic E-state index is 0.186. The molecule has 2 fully saturated rings. The van der Waals surface area contributed by atoms with Gasteiger partial charge in [0.15, 0.2) is 11.6 Å². The fourth-order valence-corrected chi connectivity index (χ4v) is 5.23. The maximum absolute atomic E-state index is 14.2. The van der Waals surface area contributed by atoms with Crippen LogP contribution in [0.1, 0.15) is 30.1 Å². The Balaban J connectivity index is 1.72. The summed E-state index contributed by atoms with van der Waals surface area (Å²) in [5, 5.41) is 9.79. The molecule has 33 heavy (non-hydrogen) atoms. The van der Waals surface area contributed by atoms with Gasteiger partial charge in [-0.2, -0.15) is 9.57 Å². The molecular weight excluding hydrogens is 452 g/mol. The highest BCUT2D eigenvalue weighted by Gasteiger charge is 2.34. The van der Waals surface area contributed by atoms with Gasteiger partial charge in [0.05, 0.1) is 34.5 Å². The second-order valence-corrected chi connectivity index (χ2v) is 10.9. The first-order chi connectivity index (χ1) is 15.5. The van der Waals surface area contributed by atoms with Crippen LogP contribution in [0.15, 0.2) is 18.3 Å². The van der Waals surface area contributed by atoms with Crippen LogP contribution in [0.2, 0.25) is 0 Å². The zero-order chi connectivity index (χ0) is 24.0. The van der Waals surface area contributed by atoms with Crippen molar-refractivity contribution in [2.75, 3.05) is 50.4 Å². The molecule has 0 spiro atoms. The summed E-state index contributed by atoms with van der Waals surface area (Å²) in [5.41, 5.74) is 0.468. The zero-order valence-electron chi connectivity index (χ0n) is 18.5. The fourth-order valence-electron chi connectivity index (χ4n) is 4.40. The van der Waals surface area contributed by atoms with Crippen molar-refractivity contribution in [3.05, 3.63) is 35.5 Å². The van der Waals surface area contributed by atoms with Crippen molar-refractivity contribution in [3.63, 3.8) is 0 Å². The molecule has 0 radical (unpaired) electrons. The minimum atomic E-state index is -3.34. The zero-order valence-corrected chi connectivity index (χ0v) is 19.3. The first-order valence-corrected chi connectivity index (χ1v) is 12.6. The molecule has 0 unspecified atom stereocenters. The Kier molecular flexibility index (Phi) is 6.01. The topological polar surface area (TPSA) is 97.6 Å². The third kappa shape index (κ3) is 4.50. The van der Waals surface area contributed by atoms with E-state index in [1.54, 1.807) is 4.90 Å². The van der Waals surface area contributed by atoms with E-state index in [4.69, 9.17) is 0 Å². The number of anilines is 1. The standard InChI is InChI=1S/C22H25F2N5O3S/c1-22(14-25)3-5-27(6-4-22)20-15-11-17(23)18(24)12-19(15)26-13-16(20)21(30)28-7-9-29(10-8-28)33(2,31)32/h11-13H,3-10H2,1-2H3. The SMILES string of the molecule is CC1(C#N)CCN(c2c(C(=O)N3CCN(S(C)(=O)=O)CC3)cnc3cc(F)c(F)cc23)CC1. The number of halogens is 2. The van der Waals surface area contributed by atoms with Crippen molar-refractivity contribution in [1.82, 2.24) is 14.2 Å². The van der Waals surface area contributed by atoms with Gasteiger partial charge in [-0.05, 0) is 25.8 Å². The number of sulfonamides is 1. The highest BCUT2D eigenvalue weighted by atomic mass is 32.2. The summed E-state index contributed by atoms with van der Waals surface area (Å²) in [4.78, 5) is 21.2. The first kappa shape index (κ1) is 23.3. The predicted molar refractivity (Wildman–Crippen MR) is 119 cm³/mol. The molecule has 2 aliphatic rings. The Labute approximate surface area is 191 Å². The van der Waals surface area contributed by atoms with Crippen LogP contribution in [0, 0.1) is 28.4 Å². The molecule has 2 aromatic rings. The maximum Gasteiger partial charge on any atom is 0.257 e. The highest BCUT2D eigenvalue weighted by Crippen LogP contribution is 2.37. The van der Waals surface area contributed by atoms with E-state index in [0.29, 0.717) is 37.0 Å². The van der Waals surface area contributed by atoms with E-state index in [1.165, 1.54) is 10.5 Å². The van der Waals surface area contributed by atoms with Gasteiger partial charge in [-0.15, -0.1) is 0 Å². The van der Waals surface area contributed by atoms with Crippen LogP contribution >= 0.6 is 0 Å². The average Bonchev–Trinajstić information content (AvgIpc) is 2.79. The van der Waals surface area contributed by atoms with Crippen LogP contribution in [-0.2, 0) is 10.0 Å². The summed E-state index contributed by atoms with van der Waals surface area (Å²) in [5.74, 6) is -2.39. The highest BCUT2D eigenvalue weighted by molar-refractivity contribution is 7.88. The lowest BCUT2D eigenvalue weighted by Gasteiger charge is -2.38. The number of nitrogens with zero attached hydrogens (tertiary/aromatic N) is 5. The van der Waals surface area contributed by atoms with Crippen molar-refractivity contribution in [1.29, 1.82) is 5.26 Å². The molecule has 0 aliphatic carbocycles. The Hall–Kier alpha value is -2.84. The number of rotatable bonds is 3. The Morgan fingerprint density at radius 2 is 1.70 bits per heavy atom. The number of hydrogen-bond acceptors (Lipinski definition) is 6. The number of piperidine rings is 1. The molecule has 1 aromatic carbocycles. The summed E-state index contributed by atoms with van der Waals surface area (Å²) in [6.45, 7) is 3.64. The third-order valence-electron chi connectivity index (χ3n) is 6.56. The number of piperazine rings is 1. The van der Waals surface area contributed by atoms with Crippen LogP contribution in [0.4, 0.5) is 14.5 Å². The molecule has 1 amide bonds. The molecule has 0 atom stereocenters. The number of aromatic nitrogens is 1. The maximum atomic E-state index is 14.2. The molecule has 2 saturated heterocycles. The van der Waals surface area contributed by atoms with Crippen molar-refractivity contribution in [3.8, 4) is 6.07 Å². The molecule has 1 aromatic heterocycles. The fraction of sp³-hybridized carbons (Fsp3) is 0.500. The van der Waals surface area contributed by atoms with E-state index in [9.17, 15) is 27.3 Å². The molecule has 0 N–H and O–H groups in total. The normalized spacial score (nSPS) is 19.5. The summed E-state index contributed by atoms with van der Waals surface area (Å²) in [7, 11) is -3.34. The lowest BCUT2D eigenvalue weighted by molar-refractivity contribution is 0.0698. The number of fused-ring (bicyclic) bond motifs is 1. The Morgan fingerprint density at radius 3 is 2.27 bits per heavy atom. The van der Waals surface area contributed by atoms with E-state index in [2.05, 4.69) is 11.1 Å². The lowest BCUT2D eigenvalue weighted by Crippen LogP contribution is -2.50. The molecule has 2 aliphatic heterocycles. The number of carbonyl (C=O) groups is 1. The lowest BCUT2D eigenvalue weighted by atomic mass is 9.81. The van der Waals surface area contributed by atoms with Gasteiger partial charge in [-0.25, -0.2) is 17.2 Å². The van der Waals surface area contributed by atoms with E-state index < -0.39 is 27.1 Å². The van der Waals surface area contributed by atoms with E-state index in [-0.39, 0.29) is 43.2 Å². The minimum Gasteiger partial charge on any atom is -0.370 e. The van der Waals surface area contributed by atoms with Gasteiger partial charge in [-0.3, -0.25) is 9.78 Å². The summed E-state index contributed by atoms with van der Waals surface area (Å²) in [6.07, 6.45) is 3.64. The van der Waals surface area contributed by atoms with Crippen LogP contribution in [-0.4, -0.2) is 74.0 Å². The van der Waals surface area contributed by atoms with Crippen LogP contribution in [0.3, 0.4) is 0 Å². The second kappa shape index (κ2) is 8.50. The third-order valence-corrected chi connectivity index (χ3v) is 7.86. The van der Waals surface area contributed by atoms with Gasteiger partial charge < -0.3 is 9.80 Å². The van der Waals surface area contributed by atoms with E-state index in [0.717, 1.165) is 18.4 Å². The second-order valence-electron chi connectivity index (χ2n) is 8.92. The van der Waals surface area contributed by atoms with Crippen molar-refractivity contribution >= 4 is 32.5 Å². The molecule has 3 heterocycles. The van der Waals surface area contributed by atoms with Gasteiger partial charge in [-0.1, -0.05) is 0 Å². The van der Waals surface area contributed by atoms with Gasteiger partial charge in [0.1, 0.15) is 0 Å². The van der Waals surface area contributed by atoms with Crippen LogP contribution in [0.5, 0.6) is 0 Å². The van der Waals surface area contributed by atoms with Crippen molar-refractivity contribution in [2.24, 2.45) is 5.41 Å². The molecule has 8 nitrogen and oxygen atoms in total. The van der Waals surface area contributed by atoms with Gasteiger partial charge in [0.2, 0.25) is 10.0 Å². The summed E-state index contributed by atoms with van der Waals surface area (Å²) < 4.78 is 53.0. The molecule has 4 rings (SSSR count). The molecular formula is C22H25F2N5O3S. The Morgan fingerprint density at radius 1 is 1.09 bits per heavy atom. The van der Waals surface area contributed by atoms with Crippen molar-refractivity contribution < 1.29 is 22.0 Å². The van der Waals surface area contributed by atoms with Crippen LogP contribution in [0.25, 0.3) is 10.9 Å². The summed E-state index contributed by atoms with van der Waals surface area (Å²) in [6, 6.07) is 4.40. The molecule has 176 valence electrons. The number of amides is 1. The quantitative estimate of drug-likeness (QED) is 0.673. The molecule has 0 bridgehead atoms. The number of benzene rings is 1. The smallest absolute Gasteiger partial charge is 0.257 e. The van der Waals surface area contributed by atoms with E-state index >= 15 is 0 Å². The van der Waals surface area contributed by atoms with Gasteiger partial charge in [0, 0.05) is 56.9 Å². The number of pyridine rings is 1. The number of carbonyl (C=O) groups excluding carboxylic acids is 1. The monoisotopic (exact) mass is 477 g/mol. The first-order valence-electron chi connectivity index (χ1n) is 10.7. The number of hydrogen-bond donors (Lipinski definition) is 0. The Bertz CT molecular complexity index is 1240. The van der Waals surface area contributed by atoms with E-state index in [1.807, 2.05) is 11.8 Å².